The first kappa shape index (κ1) is 26.1. The summed E-state index contributed by atoms with van der Waals surface area (Å²) in [4.78, 5) is 2.54. The maximum absolute atomic E-state index is 6.04. The molecule has 186 valence electrons. The van der Waals surface area contributed by atoms with Crippen LogP contribution in [0.1, 0.15) is 33.4 Å². The lowest BCUT2D eigenvalue weighted by atomic mass is 10.1. The highest BCUT2D eigenvalue weighted by Gasteiger charge is 2.16. The summed E-state index contributed by atoms with van der Waals surface area (Å²) in [5.74, 6) is 0.945. The molecule has 4 aromatic carbocycles. The fourth-order valence-electron chi connectivity index (χ4n) is 4.62. The van der Waals surface area contributed by atoms with Gasteiger partial charge in [-0.2, -0.15) is 0 Å². The molecule has 0 spiro atoms. The largest absolute Gasteiger partial charge is 0.467 e. The monoisotopic (exact) mass is 497 g/mol. The SMILES string of the molecule is COCOc1c(C)cc(C)cc1Pc1c(C)cccc1CN(Cc1ccccc1)Cc1ccccc1. The summed E-state index contributed by atoms with van der Waals surface area (Å²) in [5, 5.41) is 2.63. The number of nitrogens with zero attached hydrogens (tertiary/aromatic N) is 1. The molecule has 0 N–H and O–H groups in total. The van der Waals surface area contributed by atoms with Gasteiger partial charge in [0.05, 0.1) is 0 Å². The summed E-state index contributed by atoms with van der Waals surface area (Å²) >= 11 is 0. The minimum atomic E-state index is 0.254. The predicted molar refractivity (Wildman–Crippen MR) is 153 cm³/mol. The maximum atomic E-state index is 6.04. The molecule has 0 amide bonds. The normalized spacial score (nSPS) is 11.5. The van der Waals surface area contributed by atoms with Crippen LogP contribution < -0.4 is 15.3 Å². The van der Waals surface area contributed by atoms with Crippen molar-refractivity contribution in [2.75, 3.05) is 13.9 Å². The van der Waals surface area contributed by atoms with Gasteiger partial charge in [0.2, 0.25) is 0 Å². The van der Waals surface area contributed by atoms with Crippen molar-refractivity contribution in [1.82, 2.24) is 4.90 Å². The number of rotatable bonds is 11. The van der Waals surface area contributed by atoms with Crippen LogP contribution in [0, 0.1) is 20.8 Å². The third-order valence-corrected chi connectivity index (χ3v) is 7.86. The minimum absolute atomic E-state index is 0.254. The quantitative estimate of drug-likeness (QED) is 0.176. The van der Waals surface area contributed by atoms with Gasteiger partial charge in [0.25, 0.3) is 0 Å². The van der Waals surface area contributed by atoms with Gasteiger partial charge < -0.3 is 9.47 Å². The van der Waals surface area contributed by atoms with Gasteiger partial charge in [-0.3, -0.25) is 4.90 Å². The second-order valence-corrected chi connectivity index (χ2v) is 10.6. The van der Waals surface area contributed by atoms with E-state index >= 15 is 0 Å². The molecule has 1 atom stereocenters. The number of hydrogen-bond acceptors (Lipinski definition) is 3. The molecule has 3 nitrogen and oxygen atoms in total. The summed E-state index contributed by atoms with van der Waals surface area (Å²) in [7, 11) is 2.17. The highest BCUT2D eigenvalue weighted by Crippen LogP contribution is 2.28. The van der Waals surface area contributed by atoms with Crippen LogP contribution in [-0.4, -0.2) is 18.8 Å². The van der Waals surface area contributed by atoms with E-state index in [1.165, 1.54) is 38.4 Å². The van der Waals surface area contributed by atoms with Crippen molar-refractivity contribution < 1.29 is 9.47 Å². The van der Waals surface area contributed by atoms with Gasteiger partial charge in [-0.15, -0.1) is 0 Å². The van der Waals surface area contributed by atoms with E-state index in [-0.39, 0.29) is 6.79 Å². The van der Waals surface area contributed by atoms with Crippen LogP contribution in [0.25, 0.3) is 0 Å². The van der Waals surface area contributed by atoms with Crippen LogP contribution in [0.2, 0.25) is 0 Å². The van der Waals surface area contributed by atoms with E-state index in [2.05, 4.69) is 117 Å². The van der Waals surface area contributed by atoms with Crippen LogP contribution in [-0.2, 0) is 24.4 Å². The molecular formula is C32H36NO2P. The number of hydrogen-bond donors (Lipinski definition) is 0. The number of ether oxygens (including phenoxy) is 2. The van der Waals surface area contributed by atoms with E-state index in [1.807, 2.05) is 0 Å². The lowest BCUT2D eigenvalue weighted by Gasteiger charge is -2.25. The summed E-state index contributed by atoms with van der Waals surface area (Å²) < 4.78 is 11.3. The van der Waals surface area contributed by atoms with Gasteiger partial charge in [0, 0.05) is 32.0 Å². The van der Waals surface area contributed by atoms with Gasteiger partial charge in [0.1, 0.15) is 5.75 Å². The Balaban J connectivity index is 1.66. The van der Waals surface area contributed by atoms with Crippen molar-refractivity contribution in [3.05, 3.63) is 124 Å². The molecule has 0 aliphatic carbocycles. The first-order chi connectivity index (χ1) is 17.5. The Bertz CT molecular complexity index is 1220. The van der Waals surface area contributed by atoms with Crippen molar-refractivity contribution in [2.45, 2.75) is 40.4 Å². The Hall–Kier alpha value is -2.97. The summed E-state index contributed by atoms with van der Waals surface area (Å²) in [6, 6.07) is 32.6. The fourth-order valence-corrected chi connectivity index (χ4v) is 6.18. The molecule has 4 aromatic rings. The van der Waals surface area contributed by atoms with Crippen LogP contribution >= 0.6 is 8.58 Å². The molecule has 0 fully saturated rings. The Kier molecular flexibility index (Phi) is 9.30. The van der Waals surface area contributed by atoms with E-state index in [0.717, 1.165) is 30.9 Å². The molecule has 4 heteroatoms. The van der Waals surface area contributed by atoms with Gasteiger partial charge in [-0.25, -0.2) is 0 Å². The smallest absolute Gasteiger partial charge is 0.188 e. The average molecular weight is 498 g/mol. The zero-order valence-electron chi connectivity index (χ0n) is 21.8. The predicted octanol–water partition coefficient (Wildman–Crippen LogP) is 6.43. The Labute approximate surface area is 217 Å². The lowest BCUT2D eigenvalue weighted by Crippen LogP contribution is -2.26. The lowest BCUT2D eigenvalue weighted by molar-refractivity contribution is 0.0514. The van der Waals surface area contributed by atoms with Crippen LogP contribution in [0.15, 0.2) is 91.0 Å². The summed E-state index contributed by atoms with van der Waals surface area (Å²) in [5.41, 5.74) is 7.76. The van der Waals surface area contributed by atoms with Gasteiger partial charge in [-0.1, -0.05) is 93.5 Å². The van der Waals surface area contributed by atoms with E-state index in [0.29, 0.717) is 8.58 Å². The number of methoxy groups -OCH3 is 1. The third-order valence-electron chi connectivity index (χ3n) is 6.25. The molecule has 0 heterocycles. The van der Waals surface area contributed by atoms with Gasteiger partial charge in [-0.05, 0) is 65.5 Å². The van der Waals surface area contributed by atoms with Crippen LogP contribution in [0.4, 0.5) is 0 Å². The van der Waals surface area contributed by atoms with E-state index < -0.39 is 0 Å². The molecule has 4 rings (SSSR count). The van der Waals surface area contributed by atoms with Crippen molar-refractivity contribution in [2.24, 2.45) is 0 Å². The first-order valence-electron chi connectivity index (χ1n) is 12.4. The Morgan fingerprint density at radius 2 is 1.33 bits per heavy atom. The molecule has 0 radical (unpaired) electrons. The number of aryl methyl sites for hydroxylation is 3. The first-order valence-corrected chi connectivity index (χ1v) is 13.4. The molecule has 0 aromatic heterocycles. The Morgan fingerprint density at radius 3 is 1.94 bits per heavy atom. The summed E-state index contributed by atoms with van der Waals surface area (Å²) in [6.45, 7) is 9.43. The highest BCUT2D eigenvalue weighted by molar-refractivity contribution is 7.56. The molecule has 0 aliphatic rings. The molecular weight excluding hydrogens is 461 g/mol. The van der Waals surface area contributed by atoms with Crippen LogP contribution in [0.3, 0.4) is 0 Å². The second kappa shape index (κ2) is 12.8. The van der Waals surface area contributed by atoms with Gasteiger partial charge in [0.15, 0.2) is 6.79 Å². The Morgan fingerprint density at radius 1 is 0.694 bits per heavy atom. The molecule has 0 saturated carbocycles. The highest BCUT2D eigenvalue weighted by atomic mass is 31.1. The zero-order chi connectivity index (χ0) is 25.3. The summed E-state index contributed by atoms with van der Waals surface area (Å²) in [6.07, 6.45) is 0. The van der Waals surface area contributed by atoms with Crippen LogP contribution in [0.5, 0.6) is 5.75 Å². The third kappa shape index (κ3) is 7.04. The molecule has 36 heavy (non-hydrogen) atoms. The zero-order valence-corrected chi connectivity index (χ0v) is 22.8. The van der Waals surface area contributed by atoms with E-state index in [9.17, 15) is 0 Å². The topological polar surface area (TPSA) is 21.7 Å². The van der Waals surface area contributed by atoms with E-state index in [1.54, 1.807) is 7.11 Å². The van der Waals surface area contributed by atoms with Crippen molar-refractivity contribution >= 4 is 19.2 Å². The van der Waals surface area contributed by atoms with E-state index in [4.69, 9.17) is 9.47 Å². The standard InChI is InChI=1S/C32H36NO2P/c1-24-18-26(3)31(35-23-34-4)30(19-24)36-32-25(2)12-11-17-29(32)22-33(20-27-13-7-5-8-14-27)21-28-15-9-6-10-16-28/h5-19,36H,20-23H2,1-4H3. The minimum Gasteiger partial charge on any atom is -0.467 e. The molecule has 0 bridgehead atoms. The fraction of sp³-hybridized carbons (Fsp3) is 0.250. The second-order valence-electron chi connectivity index (χ2n) is 9.36. The van der Waals surface area contributed by atoms with Crippen molar-refractivity contribution in [1.29, 1.82) is 0 Å². The van der Waals surface area contributed by atoms with Crippen molar-refractivity contribution in [3.8, 4) is 5.75 Å². The molecule has 1 unspecified atom stereocenters. The van der Waals surface area contributed by atoms with Crippen molar-refractivity contribution in [3.63, 3.8) is 0 Å². The number of benzene rings is 4. The maximum Gasteiger partial charge on any atom is 0.188 e. The molecule has 0 aliphatic heterocycles. The molecule has 0 saturated heterocycles. The average Bonchev–Trinajstić information content (AvgIpc) is 2.87. The van der Waals surface area contributed by atoms with Gasteiger partial charge >= 0.3 is 0 Å².